The zero-order chi connectivity index (χ0) is 20.8. The van der Waals surface area contributed by atoms with Gasteiger partial charge in [0.05, 0.1) is 6.54 Å². The average Bonchev–Trinajstić information content (AvgIpc) is 2.71. The molecule has 0 saturated carbocycles. The zero-order valence-electron chi connectivity index (χ0n) is 16.8. The minimum Gasteiger partial charge on any atom is -0.337 e. The van der Waals surface area contributed by atoms with Gasteiger partial charge in [0.2, 0.25) is 11.8 Å². The molecule has 1 N–H and O–H groups in total. The van der Waals surface area contributed by atoms with E-state index < -0.39 is 0 Å². The smallest absolute Gasteiger partial charge is 0.246 e. The molecule has 29 heavy (non-hydrogen) atoms. The standard InChI is InChI=1S/C23H26BrN3O2/c1-17-4-3-5-21(18(17)2)25-22(28)16-26-12-14-27(15-13-26)23(29)11-8-19-6-9-20(24)10-7-19/h3-11H,12-16H2,1-2H3,(H,25,28). The van der Waals surface area contributed by atoms with Crippen LogP contribution < -0.4 is 5.32 Å². The number of hydrogen-bond donors (Lipinski definition) is 1. The van der Waals surface area contributed by atoms with E-state index in [-0.39, 0.29) is 11.8 Å². The second-order valence-electron chi connectivity index (χ2n) is 7.28. The number of anilines is 1. The van der Waals surface area contributed by atoms with Gasteiger partial charge in [-0.05, 0) is 54.8 Å². The molecule has 1 fully saturated rings. The summed E-state index contributed by atoms with van der Waals surface area (Å²) in [6.07, 6.45) is 3.45. The highest BCUT2D eigenvalue weighted by molar-refractivity contribution is 9.10. The molecule has 1 aliphatic heterocycles. The van der Waals surface area contributed by atoms with Gasteiger partial charge in [0.15, 0.2) is 0 Å². The number of benzene rings is 2. The van der Waals surface area contributed by atoms with Crippen LogP contribution in [0.5, 0.6) is 0 Å². The predicted molar refractivity (Wildman–Crippen MR) is 121 cm³/mol. The van der Waals surface area contributed by atoms with Crippen molar-refractivity contribution < 1.29 is 9.59 Å². The van der Waals surface area contributed by atoms with Gasteiger partial charge in [0.25, 0.3) is 0 Å². The fourth-order valence-electron chi connectivity index (χ4n) is 3.25. The number of aryl methyl sites for hydroxylation is 1. The Morgan fingerprint density at radius 1 is 1.03 bits per heavy atom. The normalized spacial score (nSPS) is 14.9. The lowest BCUT2D eigenvalue weighted by Crippen LogP contribution is -2.50. The second-order valence-corrected chi connectivity index (χ2v) is 8.20. The van der Waals surface area contributed by atoms with Crippen LogP contribution in [0.1, 0.15) is 16.7 Å². The molecule has 6 heteroatoms. The van der Waals surface area contributed by atoms with Gasteiger partial charge in [0, 0.05) is 42.4 Å². The molecule has 0 aliphatic carbocycles. The van der Waals surface area contributed by atoms with Crippen LogP contribution in [0.3, 0.4) is 0 Å². The van der Waals surface area contributed by atoms with Gasteiger partial charge in [0.1, 0.15) is 0 Å². The van der Waals surface area contributed by atoms with Crippen LogP contribution in [0.15, 0.2) is 53.0 Å². The van der Waals surface area contributed by atoms with Crippen LogP contribution in [0.25, 0.3) is 6.08 Å². The molecule has 1 heterocycles. The molecule has 1 saturated heterocycles. The lowest BCUT2D eigenvalue weighted by atomic mass is 10.1. The molecule has 2 amide bonds. The van der Waals surface area contributed by atoms with Crippen molar-refractivity contribution in [3.8, 4) is 0 Å². The molecule has 0 radical (unpaired) electrons. The lowest BCUT2D eigenvalue weighted by Gasteiger charge is -2.33. The first-order valence-electron chi connectivity index (χ1n) is 9.73. The monoisotopic (exact) mass is 455 g/mol. The Kier molecular flexibility index (Phi) is 7.23. The summed E-state index contributed by atoms with van der Waals surface area (Å²) in [7, 11) is 0. The molecule has 1 aliphatic rings. The zero-order valence-corrected chi connectivity index (χ0v) is 18.4. The van der Waals surface area contributed by atoms with E-state index in [1.165, 1.54) is 0 Å². The molecule has 0 spiro atoms. The predicted octanol–water partition coefficient (Wildman–Crippen LogP) is 3.86. The topological polar surface area (TPSA) is 52.7 Å². The van der Waals surface area contributed by atoms with Crippen LogP contribution in [0, 0.1) is 13.8 Å². The number of nitrogens with one attached hydrogen (secondary N) is 1. The Bertz CT molecular complexity index is 901. The number of carbonyl (C=O) groups is 2. The first-order valence-corrected chi connectivity index (χ1v) is 10.5. The third kappa shape index (κ3) is 6.02. The van der Waals surface area contributed by atoms with E-state index in [0.29, 0.717) is 32.7 Å². The highest BCUT2D eigenvalue weighted by Crippen LogP contribution is 2.18. The Hall–Kier alpha value is -2.44. The third-order valence-electron chi connectivity index (χ3n) is 5.22. The van der Waals surface area contributed by atoms with Crippen LogP contribution >= 0.6 is 15.9 Å². The van der Waals surface area contributed by atoms with Gasteiger partial charge in [-0.2, -0.15) is 0 Å². The number of amides is 2. The number of rotatable bonds is 5. The van der Waals surface area contributed by atoms with Crippen molar-refractivity contribution >= 4 is 39.5 Å². The lowest BCUT2D eigenvalue weighted by molar-refractivity contribution is -0.127. The summed E-state index contributed by atoms with van der Waals surface area (Å²) in [4.78, 5) is 28.7. The number of hydrogen-bond acceptors (Lipinski definition) is 3. The van der Waals surface area contributed by atoms with Crippen LogP contribution in [-0.2, 0) is 9.59 Å². The van der Waals surface area contributed by atoms with Crippen LogP contribution in [-0.4, -0.2) is 54.3 Å². The van der Waals surface area contributed by atoms with Gasteiger partial charge < -0.3 is 10.2 Å². The Labute approximate surface area is 180 Å². The summed E-state index contributed by atoms with van der Waals surface area (Å²) in [6, 6.07) is 13.7. The van der Waals surface area contributed by atoms with E-state index in [1.54, 1.807) is 6.08 Å². The molecule has 5 nitrogen and oxygen atoms in total. The van der Waals surface area contributed by atoms with E-state index in [0.717, 1.165) is 26.9 Å². The summed E-state index contributed by atoms with van der Waals surface area (Å²) in [5.41, 5.74) is 4.10. The molecular formula is C23H26BrN3O2. The maximum atomic E-state index is 12.4. The molecule has 0 atom stereocenters. The van der Waals surface area contributed by atoms with Crippen molar-refractivity contribution in [3.63, 3.8) is 0 Å². The SMILES string of the molecule is Cc1cccc(NC(=O)CN2CCN(C(=O)C=Cc3ccc(Br)cc3)CC2)c1C. The van der Waals surface area contributed by atoms with Gasteiger partial charge in [-0.25, -0.2) is 0 Å². The van der Waals surface area contributed by atoms with Crippen molar-refractivity contribution in [2.75, 3.05) is 38.0 Å². The van der Waals surface area contributed by atoms with Gasteiger partial charge >= 0.3 is 0 Å². The van der Waals surface area contributed by atoms with Crippen molar-refractivity contribution in [2.24, 2.45) is 0 Å². The molecule has 2 aromatic carbocycles. The maximum absolute atomic E-state index is 12.4. The van der Waals surface area contributed by atoms with Crippen molar-refractivity contribution in [2.45, 2.75) is 13.8 Å². The number of carbonyl (C=O) groups excluding carboxylic acids is 2. The quantitative estimate of drug-likeness (QED) is 0.696. The Morgan fingerprint density at radius 3 is 2.41 bits per heavy atom. The van der Waals surface area contributed by atoms with E-state index in [4.69, 9.17) is 0 Å². The maximum Gasteiger partial charge on any atom is 0.246 e. The van der Waals surface area contributed by atoms with Gasteiger partial charge in [-0.1, -0.05) is 40.2 Å². The molecule has 3 rings (SSSR count). The van der Waals surface area contributed by atoms with Crippen LogP contribution in [0.2, 0.25) is 0 Å². The highest BCUT2D eigenvalue weighted by atomic mass is 79.9. The molecule has 152 valence electrons. The largest absolute Gasteiger partial charge is 0.337 e. The third-order valence-corrected chi connectivity index (χ3v) is 5.75. The molecule has 0 aromatic heterocycles. The Balaban J connectivity index is 1.46. The summed E-state index contributed by atoms with van der Waals surface area (Å²) in [5, 5.41) is 3.00. The van der Waals surface area contributed by atoms with Crippen molar-refractivity contribution in [1.82, 2.24) is 9.80 Å². The Morgan fingerprint density at radius 2 is 1.72 bits per heavy atom. The summed E-state index contributed by atoms with van der Waals surface area (Å²) < 4.78 is 1.01. The molecule has 0 bridgehead atoms. The number of piperazine rings is 1. The van der Waals surface area contributed by atoms with E-state index in [9.17, 15) is 9.59 Å². The van der Waals surface area contributed by atoms with Crippen molar-refractivity contribution in [1.29, 1.82) is 0 Å². The first kappa shape index (κ1) is 21.3. The molecular weight excluding hydrogens is 430 g/mol. The van der Waals surface area contributed by atoms with Crippen LogP contribution in [0.4, 0.5) is 5.69 Å². The van der Waals surface area contributed by atoms with E-state index in [1.807, 2.05) is 67.3 Å². The summed E-state index contributed by atoms with van der Waals surface area (Å²) >= 11 is 3.40. The fourth-order valence-corrected chi connectivity index (χ4v) is 3.52. The second kappa shape index (κ2) is 9.85. The fraction of sp³-hybridized carbons (Fsp3) is 0.304. The highest BCUT2D eigenvalue weighted by Gasteiger charge is 2.21. The number of halogens is 1. The summed E-state index contributed by atoms with van der Waals surface area (Å²) in [5.74, 6) is -0.0129. The van der Waals surface area contributed by atoms with E-state index >= 15 is 0 Å². The molecule has 0 unspecified atom stereocenters. The summed E-state index contributed by atoms with van der Waals surface area (Å²) in [6.45, 7) is 7.02. The molecule has 2 aromatic rings. The number of nitrogens with zero attached hydrogens (tertiary/aromatic N) is 2. The minimum absolute atomic E-state index is 0.00686. The van der Waals surface area contributed by atoms with Gasteiger partial charge in [-0.15, -0.1) is 0 Å². The first-order chi connectivity index (χ1) is 13.9. The van der Waals surface area contributed by atoms with Gasteiger partial charge in [-0.3, -0.25) is 14.5 Å². The van der Waals surface area contributed by atoms with Crippen molar-refractivity contribution in [3.05, 3.63) is 69.7 Å². The average molecular weight is 456 g/mol. The van der Waals surface area contributed by atoms with E-state index in [2.05, 4.69) is 26.1 Å². The minimum atomic E-state index is -0.0198.